The third-order valence-corrected chi connectivity index (χ3v) is 3.60. The molecule has 3 N–H and O–H groups in total. The molecule has 2 aromatic heterocycles. The van der Waals surface area contributed by atoms with Gasteiger partial charge in [0.2, 0.25) is 0 Å². The second-order valence-electron chi connectivity index (χ2n) is 5.67. The Labute approximate surface area is 143 Å². The maximum Gasteiger partial charge on any atom is 0.319 e. The number of rotatable bonds is 5. The molecule has 0 unspecified atom stereocenters. The first kappa shape index (κ1) is 16.7. The Morgan fingerprint density at radius 1 is 1.40 bits per heavy atom. The summed E-state index contributed by atoms with van der Waals surface area (Å²) in [6.07, 6.45) is 4.69. The molecular formula is C17H17FN4O3. The fourth-order valence-corrected chi connectivity index (χ4v) is 2.31. The number of carbonyl (C=O) groups is 1. The maximum atomic E-state index is 13.5. The minimum Gasteiger partial charge on any atom is -0.466 e. The zero-order valence-corrected chi connectivity index (χ0v) is 13.4. The second-order valence-corrected chi connectivity index (χ2v) is 5.67. The highest BCUT2D eigenvalue weighted by atomic mass is 19.1. The average Bonchev–Trinajstić information content (AvgIpc) is 3.27. The molecule has 3 rings (SSSR count). The van der Waals surface area contributed by atoms with Gasteiger partial charge in [-0.3, -0.25) is 0 Å². The van der Waals surface area contributed by atoms with Crippen molar-refractivity contribution in [1.82, 2.24) is 15.1 Å². The standard InChI is InChI=1S/C17H17FN4O3/c1-17(24,15-4-2-9-25-15)11-19-16(23)21-13-10-12(18)5-6-14(13)22-8-3-7-20-22/h2-10,24H,11H2,1H3,(H2,19,21,23)/t17-/m1/s1. The van der Waals surface area contributed by atoms with Crippen molar-refractivity contribution in [1.29, 1.82) is 0 Å². The quantitative estimate of drug-likeness (QED) is 0.663. The van der Waals surface area contributed by atoms with E-state index in [1.54, 1.807) is 30.6 Å². The molecule has 0 saturated heterocycles. The Kier molecular flexibility index (Phi) is 4.53. The van der Waals surface area contributed by atoms with E-state index in [0.29, 0.717) is 11.4 Å². The van der Waals surface area contributed by atoms with Gasteiger partial charge in [-0.1, -0.05) is 0 Å². The summed E-state index contributed by atoms with van der Waals surface area (Å²) < 4.78 is 20.2. The van der Waals surface area contributed by atoms with Crippen LogP contribution < -0.4 is 10.6 Å². The summed E-state index contributed by atoms with van der Waals surface area (Å²) in [5, 5.41) is 19.5. The first-order valence-electron chi connectivity index (χ1n) is 7.56. The summed E-state index contributed by atoms with van der Waals surface area (Å²) >= 11 is 0. The first-order chi connectivity index (χ1) is 12.0. The lowest BCUT2D eigenvalue weighted by molar-refractivity contribution is 0.0372. The SMILES string of the molecule is C[C@@](O)(CNC(=O)Nc1cc(F)ccc1-n1cccn1)c1ccco1. The van der Waals surface area contributed by atoms with Gasteiger partial charge in [0.1, 0.15) is 17.2 Å². The number of nitrogens with zero attached hydrogens (tertiary/aromatic N) is 2. The molecule has 0 aliphatic heterocycles. The molecule has 25 heavy (non-hydrogen) atoms. The van der Waals surface area contributed by atoms with Crippen LogP contribution in [0.4, 0.5) is 14.9 Å². The van der Waals surface area contributed by atoms with Gasteiger partial charge in [-0.2, -0.15) is 5.10 Å². The van der Waals surface area contributed by atoms with Crippen LogP contribution in [-0.4, -0.2) is 27.5 Å². The summed E-state index contributed by atoms with van der Waals surface area (Å²) in [6, 6.07) is 8.37. The van der Waals surface area contributed by atoms with E-state index >= 15 is 0 Å². The summed E-state index contributed by atoms with van der Waals surface area (Å²) in [4.78, 5) is 12.1. The lowest BCUT2D eigenvalue weighted by Crippen LogP contribution is -2.40. The summed E-state index contributed by atoms with van der Waals surface area (Å²) in [7, 11) is 0. The number of nitrogens with one attached hydrogen (secondary N) is 2. The van der Waals surface area contributed by atoms with Gasteiger partial charge in [-0.15, -0.1) is 0 Å². The van der Waals surface area contributed by atoms with Gasteiger partial charge >= 0.3 is 6.03 Å². The number of carbonyl (C=O) groups excluding carboxylic acids is 1. The number of hydrogen-bond acceptors (Lipinski definition) is 4. The largest absolute Gasteiger partial charge is 0.466 e. The van der Waals surface area contributed by atoms with E-state index in [0.717, 1.165) is 0 Å². The number of aromatic nitrogens is 2. The van der Waals surface area contributed by atoms with Gasteiger partial charge in [-0.05, 0) is 43.3 Å². The lowest BCUT2D eigenvalue weighted by Gasteiger charge is -2.21. The van der Waals surface area contributed by atoms with Gasteiger partial charge in [0.25, 0.3) is 0 Å². The minimum absolute atomic E-state index is 0.0846. The predicted molar refractivity (Wildman–Crippen MR) is 88.8 cm³/mol. The molecule has 0 radical (unpaired) electrons. The summed E-state index contributed by atoms with van der Waals surface area (Å²) in [6.45, 7) is 1.43. The van der Waals surface area contributed by atoms with E-state index in [1.807, 2.05) is 0 Å². The van der Waals surface area contributed by atoms with E-state index in [4.69, 9.17) is 4.42 Å². The molecular weight excluding hydrogens is 327 g/mol. The summed E-state index contributed by atoms with van der Waals surface area (Å²) in [5.41, 5.74) is -0.605. The molecule has 7 nitrogen and oxygen atoms in total. The van der Waals surface area contributed by atoms with Crippen LogP contribution in [0, 0.1) is 5.82 Å². The molecule has 0 aliphatic rings. The second kappa shape index (κ2) is 6.78. The molecule has 1 aromatic carbocycles. The molecule has 2 heterocycles. The van der Waals surface area contributed by atoms with Crippen molar-refractivity contribution in [2.75, 3.05) is 11.9 Å². The van der Waals surface area contributed by atoms with Crippen molar-refractivity contribution in [3.63, 3.8) is 0 Å². The first-order valence-corrected chi connectivity index (χ1v) is 7.56. The van der Waals surface area contributed by atoms with Crippen LogP contribution >= 0.6 is 0 Å². The molecule has 0 aliphatic carbocycles. The van der Waals surface area contributed by atoms with Crippen molar-refractivity contribution in [2.24, 2.45) is 0 Å². The Morgan fingerprint density at radius 3 is 2.92 bits per heavy atom. The highest BCUT2D eigenvalue weighted by Gasteiger charge is 2.26. The van der Waals surface area contributed by atoms with Gasteiger partial charge in [-0.25, -0.2) is 13.9 Å². The Morgan fingerprint density at radius 2 is 2.24 bits per heavy atom. The fraction of sp³-hybridized carbons (Fsp3) is 0.176. The highest BCUT2D eigenvalue weighted by molar-refractivity contribution is 5.91. The van der Waals surface area contributed by atoms with Crippen molar-refractivity contribution in [2.45, 2.75) is 12.5 Å². The van der Waals surface area contributed by atoms with Crippen LogP contribution in [0.2, 0.25) is 0 Å². The average molecular weight is 344 g/mol. The lowest BCUT2D eigenvalue weighted by atomic mass is 10.0. The van der Waals surface area contributed by atoms with E-state index in [-0.39, 0.29) is 12.2 Å². The Balaban J connectivity index is 1.70. The van der Waals surface area contributed by atoms with E-state index in [9.17, 15) is 14.3 Å². The summed E-state index contributed by atoms with van der Waals surface area (Å²) in [5.74, 6) is -0.162. The zero-order chi connectivity index (χ0) is 17.9. The molecule has 3 aromatic rings. The van der Waals surface area contributed by atoms with E-state index < -0.39 is 17.4 Å². The molecule has 2 amide bonds. The van der Waals surface area contributed by atoms with Crippen LogP contribution in [0.25, 0.3) is 5.69 Å². The smallest absolute Gasteiger partial charge is 0.319 e. The fourth-order valence-electron chi connectivity index (χ4n) is 2.31. The predicted octanol–water partition coefficient (Wildman–Crippen LogP) is 2.63. The van der Waals surface area contributed by atoms with Crippen molar-refractivity contribution in [3.05, 3.63) is 66.6 Å². The molecule has 8 heteroatoms. The number of amides is 2. The number of urea groups is 1. The third-order valence-electron chi connectivity index (χ3n) is 3.60. The molecule has 0 fully saturated rings. The van der Waals surface area contributed by atoms with Gasteiger partial charge in [0, 0.05) is 12.4 Å². The van der Waals surface area contributed by atoms with Gasteiger partial charge in [0.05, 0.1) is 24.2 Å². The number of furan rings is 1. The number of hydrogen-bond donors (Lipinski definition) is 3. The van der Waals surface area contributed by atoms with E-state index in [2.05, 4.69) is 15.7 Å². The zero-order valence-electron chi connectivity index (χ0n) is 13.4. The number of halogens is 1. The van der Waals surface area contributed by atoms with Crippen molar-refractivity contribution >= 4 is 11.7 Å². The third kappa shape index (κ3) is 3.86. The Bertz CT molecular complexity index is 845. The molecule has 0 bridgehead atoms. The molecule has 0 spiro atoms. The Hall–Kier alpha value is -3.13. The molecule has 130 valence electrons. The van der Waals surface area contributed by atoms with Crippen LogP contribution in [0.3, 0.4) is 0 Å². The highest BCUT2D eigenvalue weighted by Crippen LogP contribution is 2.22. The molecule has 0 saturated carbocycles. The maximum absolute atomic E-state index is 13.5. The van der Waals surface area contributed by atoms with Gasteiger partial charge in [0.15, 0.2) is 0 Å². The monoisotopic (exact) mass is 344 g/mol. The van der Waals surface area contributed by atoms with E-state index in [1.165, 1.54) is 36.1 Å². The van der Waals surface area contributed by atoms with Crippen molar-refractivity contribution in [3.8, 4) is 5.69 Å². The minimum atomic E-state index is -1.37. The number of aliphatic hydroxyl groups is 1. The number of anilines is 1. The van der Waals surface area contributed by atoms with Crippen LogP contribution in [0.15, 0.2) is 59.5 Å². The van der Waals surface area contributed by atoms with Crippen LogP contribution in [0.5, 0.6) is 0 Å². The van der Waals surface area contributed by atoms with Crippen LogP contribution in [-0.2, 0) is 5.60 Å². The topological polar surface area (TPSA) is 92.3 Å². The molecule has 1 atom stereocenters. The number of benzene rings is 1. The van der Waals surface area contributed by atoms with Crippen molar-refractivity contribution < 1.29 is 18.7 Å². The van der Waals surface area contributed by atoms with Crippen LogP contribution in [0.1, 0.15) is 12.7 Å². The normalized spacial score (nSPS) is 13.2. The van der Waals surface area contributed by atoms with Gasteiger partial charge < -0.3 is 20.2 Å².